The van der Waals surface area contributed by atoms with Gasteiger partial charge in [-0.25, -0.2) is 0 Å². The SMILES string of the molecule is Nc1n[nH]c(CC2CC3CCC2C3)c1-c1ccncc1. The fourth-order valence-corrected chi connectivity index (χ4v) is 4.27. The van der Waals surface area contributed by atoms with Crippen LogP contribution in [-0.4, -0.2) is 15.2 Å². The Labute approximate surface area is 118 Å². The predicted octanol–water partition coefficient (Wildman–Crippen LogP) is 3.03. The van der Waals surface area contributed by atoms with Gasteiger partial charge in [-0.15, -0.1) is 0 Å². The largest absolute Gasteiger partial charge is 0.382 e. The smallest absolute Gasteiger partial charge is 0.153 e. The van der Waals surface area contributed by atoms with Crippen molar-refractivity contribution in [2.45, 2.75) is 32.1 Å². The van der Waals surface area contributed by atoms with Gasteiger partial charge in [-0.05, 0) is 61.1 Å². The molecule has 3 unspecified atom stereocenters. The molecule has 0 aromatic carbocycles. The van der Waals surface area contributed by atoms with Crippen molar-refractivity contribution in [3.05, 3.63) is 30.2 Å². The maximum absolute atomic E-state index is 6.06. The molecule has 0 saturated heterocycles. The third kappa shape index (κ3) is 1.90. The monoisotopic (exact) mass is 268 g/mol. The van der Waals surface area contributed by atoms with Crippen LogP contribution in [0.4, 0.5) is 5.82 Å². The minimum Gasteiger partial charge on any atom is -0.382 e. The Morgan fingerprint density at radius 3 is 2.75 bits per heavy atom. The molecule has 0 radical (unpaired) electrons. The minimum absolute atomic E-state index is 0.606. The van der Waals surface area contributed by atoms with Crippen LogP contribution in [0.1, 0.15) is 31.4 Å². The lowest BCUT2D eigenvalue weighted by atomic mass is 9.84. The topological polar surface area (TPSA) is 67.6 Å². The Morgan fingerprint density at radius 2 is 2.05 bits per heavy atom. The molecule has 4 nitrogen and oxygen atoms in total. The first-order valence-electron chi connectivity index (χ1n) is 7.54. The van der Waals surface area contributed by atoms with Crippen LogP contribution in [0.5, 0.6) is 0 Å². The number of nitrogens with two attached hydrogens (primary N) is 1. The van der Waals surface area contributed by atoms with Gasteiger partial charge in [0, 0.05) is 23.7 Å². The Bertz CT molecular complexity index is 604. The molecule has 0 amide bonds. The molecule has 2 aliphatic rings. The molecular formula is C16H20N4. The molecule has 20 heavy (non-hydrogen) atoms. The first-order valence-corrected chi connectivity index (χ1v) is 7.54. The number of H-pyrrole nitrogens is 1. The number of nitrogen functional groups attached to an aromatic ring is 1. The highest BCUT2D eigenvalue weighted by Gasteiger charge is 2.39. The molecule has 4 heteroatoms. The van der Waals surface area contributed by atoms with Crippen molar-refractivity contribution in [2.75, 3.05) is 5.73 Å². The molecule has 3 atom stereocenters. The van der Waals surface area contributed by atoms with Gasteiger partial charge in [-0.1, -0.05) is 6.42 Å². The summed E-state index contributed by atoms with van der Waals surface area (Å²) in [6.45, 7) is 0. The van der Waals surface area contributed by atoms with Gasteiger partial charge in [0.05, 0.1) is 0 Å². The summed E-state index contributed by atoms with van der Waals surface area (Å²) in [6, 6.07) is 4.01. The lowest BCUT2D eigenvalue weighted by molar-refractivity contribution is 0.329. The van der Waals surface area contributed by atoms with Crippen LogP contribution < -0.4 is 5.73 Å². The Hall–Kier alpha value is -1.84. The Kier molecular flexibility index (Phi) is 2.76. The van der Waals surface area contributed by atoms with E-state index in [2.05, 4.69) is 15.2 Å². The van der Waals surface area contributed by atoms with Crippen molar-refractivity contribution in [1.82, 2.24) is 15.2 Å². The van der Waals surface area contributed by atoms with Crippen molar-refractivity contribution in [2.24, 2.45) is 17.8 Å². The van der Waals surface area contributed by atoms with Crippen LogP contribution >= 0.6 is 0 Å². The molecule has 2 heterocycles. The van der Waals surface area contributed by atoms with E-state index >= 15 is 0 Å². The van der Waals surface area contributed by atoms with E-state index in [1.165, 1.54) is 31.4 Å². The quantitative estimate of drug-likeness (QED) is 0.899. The van der Waals surface area contributed by atoms with Gasteiger partial charge in [-0.3, -0.25) is 10.1 Å². The average Bonchev–Trinajstić information content (AvgIpc) is 3.16. The van der Waals surface area contributed by atoms with Gasteiger partial charge >= 0.3 is 0 Å². The molecule has 2 bridgehead atoms. The number of nitrogens with zero attached hydrogens (tertiary/aromatic N) is 2. The lowest BCUT2D eigenvalue weighted by Crippen LogP contribution is -2.13. The molecule has 0 spiro atoms. The number of aromatic nitrogens is 3. The summed E-state index contributed by atoms with van der Waals surface area (Å²) in [5.41, 5.74) is 9.46. The van der Waals surface area contributed by atoms with E-state index in [1.807, 2.05) is 24.5 Å². The molecule has 4 rings (SSSR count). The Balaban J connectivity index is 1.63. The van der Waals surface area contributed by atoms with E-state index in [4.69, 9.17) is 5.73 Å². The van der Waals surface area contributed by atoms with E-state index in [0.29, 0.717) is 5.82 Å². The summed E-state index contributed by atoms with van der Waals surface area (Å²) in [6.07, 6.45) is 10.4. The molecule has 2 aromatic heterocycles. The second-order valence-electron chi connectivity index (χ2n) is 6.34. The number of anilines is 1. The van der Waals surface area contributed by atoms with Gasteiger partial charge in [-0.2, -0.15) is 5.10 Å². The summed E-state index contributed by atoms with van der Waals surface area (Å²) < 4.78 is 0. The van der Waals surface area contributed by atoms with Crippen molar-refractivity contribution >= 4 is 5.82 Å². The van der Waals surface area contributed by atoms with Crippen molar-refractivity contribution < 1.29 is 0 Å². The number of rotatable bonds is 3. The van der Waals surface area contributed by atoms with E-state index in [1.54, 1.807) is 0 Å². The minimum atomic E-state index is 0.606. The zero-order valence-corrected chi connectivity index (χ0v) is 11.5. The van der Waals surface area contributed by atoms with E-state index in [9.17, 15) is 0 Å². The van der Waals surface area contributed by atoms with Crippen LogP contribution in [0.15, 0.2) is 24.5 Å². The van der Waals surface area contributed by atoms with E-state index < -0.39 is 0 Å². The van der Waals surface area contributed by atoms with Crippen LogP contribution in [0.25, 0.3) is 11.1 Å². The first kappa shape index (κ1) is 11.9. The van der Waals surface area contributed by atoms with Gasteiger partial charge in [0.2, 0.25) is 0 Å². The second-order valence-corrected chi connectivity index (χ2v) is 6.34. The summed E-state index contributed by atoms with van der Waals surface area (Å²) in [5.74, 6) is 3.33. The third-order valence-corrected chi connectivity index (χ3v) is 5.19. The average molecular weight is 268 g/mol. The predicted molar refractivity (Wildman–Crippen MR) is 78.9 cm³/mol. The third-order valence-electron chi connectivity index (χ3n) is 5.19. The fourth-order valence-electron chi connectivity index (χ4n) is 4.27. The van der Waals surface area contributed by atoms with Crippen LogP contribution in [0.2, 0.25) is 0 Å². The highest BCUT2D eigenvalue weighted by atomic mass is 15.2. The van der Waals surface area contributed by atoms with Crippen LogP contribution in [0, 0.1) is 17.8 Å². The number of aromatic amines is 1. The normalized spacial score (nSPS) is 28.1. The highest BCUT2D eigenvalue weighted by molar-refractivity contribution is 5.75. The van der Waals surface area contributed by atoms with Crippen LogP contribution in [-0.2, 0) is 6.42 Å². The number of pyridine rings is 1. The molecule has 0 aliphatic heterocycles. The van der Waals surface area contributed by atoms with Crippen molar-refractivity contribution in [3.63, 3.8) is 0 Å². The molecule has 2 fully saturated rings. The maximum Gasteiger partial charge on any atom is 0.153 e. The standard InChI is InChI=1S/C16H20N4/c17-16-15(11-3-5-18-6-4-11)14(19-20-16)9-13-8-10-1-2-12(13)7-10/h3-6,10,12-13H,1-2,7-9H2,(H3,17,19,20). The summed E-state index contributed by atoms with van der Waals surface area (Å²) in [7, 11) is 0. The van der Waals surface area contributed by atoms with Crippen molar-refractivity contribution in [1.29, 1.82) is 0 Å². The number of fused-ring (bicyclic) bond motifs is 2. The zero-order chi connectivity index (χ0) is 13.5. The fraction of sp³-hybridized carbons (Fsp3) is 0.500. The molecule has 2 aliphatic carbocycles. The lowest BCUT2D eigenvalue weighted by Gasteiger charge is -2.21. The van der Waals surface area contributed by atoms with Crippen molar-refractivity contribution in [3.8, 4) is 11.1 Å². The molecular weight excluding hydrogens is 248 g/mol. The molecule has 3 N–H and O–H groups in total. The second kappa shape index (κ2) is 4.62. The summed E-state index contributed by atoms with van der Waals surface area (Å²) in [5, 5.41) is 7.39. The number of hydrogen-bond donors (Lipinski definition) is 2. The van der Waals surface area contributed by atoms with Gasteiger partial charge in [0.1, 0.15) is 0 Å². The summed E-state index contributed by atoms with van der Waals surface area (Å²) >= 11 is 0. The molecule has 2 aromatic rings. The zero-order valence-electron chi connectivity index (χ0n) is 11.5. The maximum atomic E-state index is 6.06. The number of hydrogen-bond acceptors (Lipinski definition) is 3. The Morgan fingerprint density at radius 1 is 1.20 bits per heavy atom. The molecule has 2 saturated carbocycles. The van der Waals surface area contributed by atoms with Gasteiger partial charge in [0.25, 0.3) is 0 Å². The van der Waals surface area contributed by atoms with E-state index in [-0.39, 0.29) is 0 Å². The first-order chi connectivity index (χ1) is 9.81. The molecule has 104 valence electrons. The summed E-state index contributed by atoms with van der Waals surface area (Å²) in [4.78, 5) is 4.08. The highest BCUT2D eigenvalue weighted by Crippen LogP contribution is 2.49. The van der Waals surface area contributed by atoms with E-state index in [0.717, 1.165) is 35.3 Å². The van der Waals surface area contributed by atoms with Gasteiger partial charge in [0.15, 0.2) is 5.82 Å². The number of nitrogens with one attached hydrogen (secondary N) is 1. The van der Waals surface area contributed by atoms with Crippen LogP contribution in [0.3, 0.4) is 0 Å². The van der Waals surface area contributed by atoms with Gasteiger partial charge < -0.3 is 5.73 Å².